The molecule has 0 heterocycles. The monoisotopic (exact) mass is 423 g/mol. The molecule has 0 amide bonds. The van der Waals surface area contributed by atoms with Crippen molar-refractivity contribution in [3.63, 3.8) is 0 Å². The predicted octanol–water partition coefficient (Wildman–Crippen LogP) is 5.09. The van der Waals surface area contributed by atoms with Crippen LogP contribution >= 0.6 is 0 Å². The molecule has 3 aromatic rings. The molecule has 0 aliphatic heterocycles. The first-order valence-electron chi connectivity index (χ1n) is 9.69. The van der Waals surface area contributed by atoms with Gasteiger partial charge in [-0.3, -0.25) is 0 Å². The number of benzene rings is 3. The maximum absolute atomic E-state index is 12.4. The van der Waals surface area contributed by atoms with Crippen molar-refractivity contribution in [2.24, 2.45) is 4.40 Å². The molecule has 3 rings (SSSR count). The fraction of sp³-hybridized carbons (Fsp3) is 0.208. The molecule has 30 heavy (non-hydrogen) atoms. The third-order valence-electron chi connectivity index (χ3n) is 4.44. The lowest BCUT2D eigenvalue weighted by Gasteiger charge is -2.12. The Morgan fingerprint density at radius 3 is 2.10 bits per heavy atom. The molecule has 0 aromatic heterocycles. The summed E-state index contributed by atoms with van der Waals surface area (Å²) < 4.78 is 40.2. The first-order valence-corrected chi connectivity index (χ1v) is 11.1. The van der Waals surface area contributed by atoms with Crippen LogP contribution < -0.4 is 9.47 Å². The van der Waals surface area contributed by atoms with Crippen molar-refractivity contribution >= 4 is 16.2 Å². The molecular formula is C24H25NO4S. The molecule has 6 heteroatoms. The van der Waals surface area contributed by atoms with Crippen LogP contribution in [0.2, 0.25) is 0 Å². The molecule has 0 bridgehead atoms. The van der Waals surface area contributed by atoms with Gasteiger partial charge in [0.2, 0.25) is 0 Å². The minimum Gasteiger partial charge on any atom is -0.490 e. The van der Waals surface area contributed by atoms with E-state index in [0.717, 1.165) is 11.1 Å². The molecule has 0 fully saturated rings. The Kier molecular flexibility index (Phi) is 6.90. The van der Waals surface area contributed by atoms with Crippen LogP contribution in [-0.4, -0.2) is 21.2 Å². The first kappa shape index (κ1) is 21.6. The van der Waals surface area contributed by atoms with Crippen molar-refractivity contribution in [2.75, 3.05) is 6.61 Å². The largest absolute Gasteiger partial charge is 0.490 e. The summed E-state index contributed by atoms with van der Waals surface area (Å²) in [6, 6.07) is 19.9. The molecule has 0 N–H and O–H groups in total. The van der Waals surface area contributed by atoms with Crippen LogP contribution in [0.1, 0.15) is 29.2 Å². The lowest BCUT2D eigenvalue weighted by Crippen LogP contribution is -2.01. The zero-order chi connectivity index (χ0) is 21.6. The van der Waals surface area contributed by atoms with Crippen molar-refractivity contribution in [3.05, 3.63) is 89.0 Å². The highest BCUT2D eigenvalue weighted by Crippen LogP contribution is 2.29. The zero-order valence-electron chi connectivity index (χ0n) is 17.3. The summed E-state index contributed by atoms with van der Waals surface area (Å²) in [5, 5.41) is 0. The Morgan fingerprint density at radius 2 is 1.47 bits per heavy atom. The Bertz CT molecular complexity index is 1120. The van der Waals surface area contributed by atoms with E-state index in [4.69, 9.17) is 9.47 Å². The van der Waals surface area contributed by atoms with Gasteiger partial charge in [-0.05, 0) is 62.2 Å². The van der Waals surface area contributed by atoms with E-state index in [1.54, 1.807) is 42.5 Å². The number of nitrogens with zero attached hydrogens (tertiary/aromatic N) is 1. The van der Waals surface area contributed by atoms with E-state index in [1.165, 1.54) is 11.8 Å². The minimum atomic E-state index is -3.76. The van der Waals surface area contributed by atoms with Gasteiger partial charge in [0.05, 0.1) is 11.5 Å². The molecule has 0 atom stereocenters. The fourth-order valence-electron chi connectivity index (χ4n) is 2.74. The fourth-order valence-corrected chi connectivity index (χ4v) is 3.60. The second-order valence-corrected chi connectivity index (χ2v) is 8.57. The first-order chi connectivity index (χ1) is 14.4. The molecule has 0 saturated carbocycles. The molecule has 0 aliphatic carbocycles. The molecule has 5 nitrogen and oxygen atoms in total. The summed E-state index contributed by atoms with van der Waals surface area (Å²) >= 11 is 0. The standard InChI is InChI=1S/C24H25NO4S/c1-4-28-24-15-21(16-25-30(26,27)22-12-7-19(3)8-13-22)11-14-23(24)29-17-20-9-5-18(2)6-10-20/h5-16H,4,17H2,1-3H3/b25-16-. The smallest absolute Gasteiger partial charge is 0.282 e. The van der Waals surface area contributed by atoms with Gasteiger partial charge in [-0.25, -0.2) is 0 Å². The minimum absolute atomic E-state index is 0.160. The van der Waals surface area contributed by atoms with E-state index in [1.807, 2.05) is 45.0 Å². The van der Waals surface area contributed by atoms with Crippen LogP contribution in [0.5, 0.6) is 11.5 Å². The normalized spacial score (nSPS) is 11.6. The zero-order valence-corrected chi connectivity index (χ0v) is 18.1. The summed E-state index contributed by atoms with van der Waals surface area (Å²) in [6.45, 7) is 6.69. The number of sulfonamides is 1. The lowest BCUT2D eigenvalue weighted by molar-refractivity contribution is 0.269. The summed E-state index contributed by atoms with van der Waals surface area (Å²) in [7, 11) is -3.76. The highest BCUT2D eigenvalue weighted by atomic mass is 32.2. The van der Waals surface area contributed by atoms with Crippen LogP contribution in [0.25, 0.3) is 0 Å². The van der Waals surface area contributed by atoms with Crippen molar-refractivity contribution < 1.29 is 17.9 Å². The maximum Gasteiger partial charge on any atom is 0.282 e. The van der Waals surface area contributed by atoms with Crippen molar-refractivity contribution in [1.82, 2.24) is 0 Å². The second kappa shape index (κ2) is 9.59. The van der Waals surface area contributed by atoms with Gasteiger partial charge in [0.15, 0.2) is 11.5 Å². The van der Waals surface area contributed by atoms with Crippen LogP contribution in [0.3, 0.4) is 0 Å². The van der Waals surface area contributed by atoms with E-state index in [2.05, 4.69) is 4.40 Å². The number of rotatable bonds is 8. The van der Waals surface area contributed by atoms with E-state index >= 15 is 0 Å². The quantitative estimate of drug-likeness (QED) is 0.474. The molecular weight excluding hydrogens is 398 g/mol. The number of aryl methyl sites for hydroxylation is 2. The molecule has 3 aromatic carbocycles. The summed E-state index contributed by atoms with van der Waals surface area (Å²) in [6.07, 6.45) is 1.32. The van der Waals surface area contributed by atoms with Gasteiger partial charge in [-0.2, -0.15) is 12.8 Å². The molecule has 0 radical (unpaired) electrons. The second-order valence-electron chi connectivity index (χ2n) is 6.94. The average Bonchev–Trinajstić information content (AvgIpc) is 2.73. The Hall–Kier alpha value is -3.12. The maximum atomic E-state index is 12.4. The van der Waals surface area contributed by atoms with E-state index in [0.29, 0.717) is 30.3 Å². The van der Waals surface area contributed by atoms with Crippen LogP contribution in [-0.2, 0) is 16.6 Å². The SMILES string of the molecule is CCOc1cc(/C=N\S(=O)(=O)c2ccc(C)cc2)ccc1OCc1ccc(C)cc1. The average molecular weight is 424 g/mol. The topological polar surface area (TPSA) is 65.0 Å². The predicted molar refractivity (Wildman–Crippen MR) is 119 cm³/mol. The van der Waals surface area contributed by atoms with Gasteiger partial charge in [0.1, 0.15) is 6.61 Å². The summed E-state index contributed by atoms with van der Waals surface area (Å²) in [5.41, 5.74) is 3.84. The van der Waals surface area contributed by atoms with Gasteiger partial charge in [0, 0.05) is 6.21 Å². The Morgan fingerprint density at radius 1 is 0.833 bits per heavy atom. The van der Waals surface area contributed by atoms with Gasteiger partial charge in [-0.15, -0.1) is 0 Å². The third-order valence-corrected chi connectivity index (χ3v) is 5.69. The molecule has 0 unspecified atom stereocenters. The van der Waals surface area contributed by atoms with Crippen molar-refractivity contribution in [2.45, 2.75) is 32.3 Å². The Balaban J connectivity index is 1.77. The molecule has 0 aliphatic rings. The van der Waals surface area contributed by atoms with Gasteiger partial charge in [0.25, 0.3) is 10.0 Å². The summed E-state index contributed by atoms with van der Waals surface area (Å²) in [4.78, 5) is 0.160. The Labute approximate surface area is 178 Å². The molecule has 0 spiro atoms. The number of hydrogen-bond acceptors (Lipinski definition) is 4. The number of hydrogen-bond donors (Lipinski definition) is 0. The van der Waals surface area contributed by atoms with Gasteiger partial charge in [-0.1, -0.05) is 47.5 Å². The molecule has 0 saturated heterocycles. The summed E-state index contributed by atoms with van der Waals surface area (Å²) in [5.74, 6) is 1.14. The highest BCUT2D eigenvalue weighted by molar-refractivity contribution is 7.90. The molecule has 156 valence electrons. The van der Waals surface area contributed by atoms with E-state index in [9.17, 15) is 8.42 Å². The van der Waals surface area contributed by atoms with Gasteiger partial charge >= 0.3 is 0 Å². The van der Waals surface area contributed by atoms with Crippen molar-refractivity contribution in [3.8, 4) is 11.5 Å². The van der Waals surface area contributed by atoms with Crippen LogP contribution in [0.15, 0.2) is 76.0 Å². The lowest BCUT2D eigenvalue weighted by atomic mass is 10.2. The van der Waals surface area contributed by atoms with E-state index in [-0.39, 0.29) is 4.90 Å². The highest BCUT2D eigenvalue weighted by Gasteiger charge is 2.12. The van der Waals surface area contributed by atoms with Crippen LogP contribution in [0, 0.1) is 13.8 Å². The van der Waals surface area contributed by atoms with Gasteiger partial charge < -0.3 is 9.47 Å². The van der Waals surface area contributed by atoms with E-state index < -0.39 is 10.0 Å². The number of ether oxygens (including phenoxy) is 2. The van der Waals surface area contributed by atoms with Crippen molar-refractivity contribution in [1.29, 1.82) is 0 Å². The third kappa shape index (κ3) is 5.70. The van der Waals surface area contributed by atoms with Crippen LogP contribution in [0.4, 0.5) is 0 Å².